The van der Waals surface area contributed by atoms with Crippen LogP contribution in [0, 0.1) is 17.6 Å². The van der Waals surface area contributed by atoms with E-state index in [1.807, 2.05) is 0 Å². The summed E-state index contributed by atoms with van der Waals surface area (Å²) in [5.41, 5.74) is 0.721. The lowest BCUT2D eigenvalue weighted by molar-refractivity contribution is -0.131. The molecule has 0 radical (unpaired) electrons. The first-order valence-electron chi connectivity index (χ1n) is 9.82. The molecule has 2 aromatic rings. The summed E-state index contributed by atoms with van der Waals surface area (Å²) in [6, 6.07) is 9.00. The Morgan fingerprint density at radius 1 is 1.03 bits per heavy atom. The molecule has 1 unspecified atom stereocenters. The number of rotatable bonds is 5. The summed E-state index contributed by atoms with van der Waals surface area (Å²) in [7, 11) is 1.40. The number of hydrogen-bond donors (Lipinski definition) is 2. The highest BCUT2D eigenvalue weighted by Gasteiger charge is 2.31. The molecule has 0 spiro atoms. The number of nitrogens with one attached hydrogen (secondary N) is 2. The molecule has 9 heteroatoms. The van der Waals surface area contributed by atoms with Crippen molar-refractivity contribution in [1.29, 1.82) is 0 Å². The minimum atomic E-state index is -1.14. The second kappa shape index (κ2) is 10.00. The number of hydrogen-bond acceptors (Lipinski definition) is 3. The van der Waals surface area contributed by atoms with Gasteiger partial charge in [-0.25, -0.2) is 8.78 Å². The Bertz CT molecular complexity index is 976. The standard InChI is InChI=1S/C22H22BrF2N3O3/c1-26-21(30)19(15-4-7-17(24)18(25)12-15)27-20(29)13-8-10-28(11-9-13)22(31)14-2-5-16(23)6-3-14/h2-7,12-13,19H,8-11H2,1H3,(H,26,30)(H,27,29). The Labute approximate surface area is 187 Å². The van der Waals surface area contributed by atoms with Crippen molar-refractivity contribution in [3.05, 3.63) is 69.7 Å². The van der Waals surface area contributed by atoms with Gasteiger partial charge in [0.25, 0.3) is 5.91 Å². The van der Waals surface area contributed by atoms with Gasteiger partial charge >= 0.3 is 0 Å². The molecule has 0 bridgehead atoms. The first kappa shape index (κ1) is 22.9. The fourth-order valence-corrected chi connectivity index (χ4v) is 3.78. The zero-order valence-electron chi connectivity index (χ0n) is 16.8. The largest absolute Gasteiger partial charge is 0.357 e. The van der Waals surface area contributed by atoms with Crippen molar-refractivity contribution in [2.24, 2.45) is 5.92 Å². The summed E-state index contributed by atoms with van der Waals surface area (Å²) in [4.78, 5) is 39.3. The van der Waals surface area contributed by atoms with Gasteiger partial charge in [0, 0.05) is 36.1 Å². The second-order valence-corrected chi connectivity index (χ2v) is 8.22. The average Bonchev–Trinajstić information content (AvgIpc) is 2.79. The van der Waals surface area contributed by atoms with Crippen LogP contribution in [0.15, 0.2) is 46.9 Å². The molecule has 1 aliphatic heterocycles. The molecule has 1 fully saturated rings. The van der Waals surface area contributed by atoms with Crippen molar-refractivity contribution >= 4 is 33.7 Å². The van der Waals surface area contributed by atoms with Crippen LogP contribution in [0.3, 0.4) is 0 Å². The van der Waals surface area contributed by atoms with Gasteiger partial charge in [0.15, 0.2) is 11.6 Å². The number of carbonyl (C=O) groups excluding carboxylic acids is 3. The molecule has 0 aliphatic carbocycles. The maximum atomic E-state index is 13.6. The highest BCUT2D eigenvalue weighted by Crippen LogP contribution is 2.23. The van der Waals surface area contributed by atoms with E-state index in [0.717, 1.165) is 16.6 Å². The van der Waals surface area contributed by atoms with Crippen molar-refractivity contribution in [3.63, 3.8) is 0 Å². The molecule has 1 heterocycles. The van der Waals surface area contributed by atoms with Gasteiger partial charge in [0.1, 0.15) is 6.04 Å². The minimum Gasteiger partial charge on any atom is -0.357 e. The quantitative estimate of drug-likeness (QED) is 0.671. The Hall–Kier alpha value is -2.81. The number of likely N-dealkylation sites (N-methyl/N-ethyl adjacent to an activating group) is 1. The van der Waals surface area contributed by atoms with Gasteiger partial charge in [-0.3, -0.25) is 14.4 Å². The highest BCUT2D eigenvalue weighted by molar-refractivity contribution is 9.10. The molecule has 1 saturated heterocycles. The smallest absolute Gasteiger partial charge is 0.253 e. The van der Waals surface area contributed by atoms with Gasteiger partial charge in [-0.1, -0.05) is 22.0 Å². The molecule has 0 saturated carbocycles. The third-order valence-corrected chi connectivity index (χ3v) is 5.84. The molecule has 2 aromatic carbocycles. The van der Waals surface area contributed by atoms with Crippen LogP contribution in [-0.4, -0.2) is 42.8 Å². The minimum absolute atomic E-state index is 0.101. The van der Waals surface area contributed by atoms with Crippen molar-refractivity contribution < 1.29 is 23.2 Å². The van der Waals surface area contributed by atoms with Gasteiger partial charge in [-0.05, 0) is 54.8 Å². The van der Waals surface area contributed by atoms with Crippen LogP contribution in [0.1, 0.15) is 34.8 Å². The van der Waals surface area contributed by atoms with E-state index in [4.69, 9.17) is 0 Å². The molecule has 1 aliphatic rings. The lowest BCUT2D eigenvalue weighted by Gasteiger charge is -2.32. The molecule has 3 amide bonds. The summed E-state index contributed by atoms with van der Waals surface area (Å²) in [6.07, 6.45) is 0.874. The van der Waals surface area contributed by atoms with Crippen LogP contribution < -0.4 is 10.6 Å². The van der Waals surface area contributed by atoms with Crippen LogP contribution in [0.2, 0.25) is 0 Å². The Balaban J connectivity index is 1.63. The zero-order valence-corrected chi connectivity index (χ0v) is 18.4. The lowest BCUT2D eigenvalue weighted by atomic mass is 9.94. The summed E-state index contributed by atoms with van der Waals surface area (Å²) < 4.78 is 27.7. The van der Waals surface area contributed by atoms with Crippen LogP contribution in [0.25, 0.3) is 0 Å². The van der Waals surface area contributed by atoms with Crippen molar-refractivity contribution in [3.8, 4) is 0 Å². The topological polar surface area (TPSA) is 78.5 Å². The van der Waals surface area contributed by atoms with Gasteiger partial charge < -0.3 is 15.5 Å². The van der Waals surface area contributed by atoms with E-state index in [9.17, 15) is 23.2 Å². The van der Waals surface area contributed by atoms with Gasteiger partial charge in [-0.2, -0.15) is 0 Å². The Kier molecular flexibility index (Phi) is 7.37. The van der Waals surface area contributed by atoms with Crippen LogP contribution in [-0.2, 0) is 9.59 Å². The summed E-state index contributed by atoms with van der Waals surface area (Å²) in [6.45, 7) is 0.811. The molecule has 164 valence electrons. The SMILES string of the molecule is CNC(=O)C(NC(=O)C1CCN(C(=O)c2ccc(Br)cc2)CC1)c1ccc(F)c(F)c1. The average molecular weight is 494 g/mol. The van der Waals surface area contributed by atoms with Crippen LogP contribution >= 0.6 is 15.9 Å². The molecule has 6 nitrogen and oxygen atoms in total. The fraction of sp³-hybridized carbons (Fsp3) is 0.318. The lowest BCUT2D eigenvalue weighted by Crippen LogP contribution is -2.46. The number of benzene rings is 2. The number of nitrogens with zero attached hydrogens (tertiary/aromatic N) is 1. The number of piperidine rings is 1. The third-order valence-electron chi connectivity index (χ3n) is 5.32. The van der Waals surface area contributed by atoms with E-state index in [1.54, 1.807) is 29.2 Å². The van der Waals surface area contributed by atoms with Crippen molar-refractivity contribution in [2.45, 2.75) is 18.9 Å². The number of amides is 3. The second-order valence-electron chi connectivity index (χ2n) is 7.30. The molecular weight excluding hydrogens is 472 g/mol. The molecule has 3 rings (SSSR count). The number of likely N-dealkylation sites (tertiary alicyclic amines) is 1. The fourth-order valence-electron chi connectivity index (χ4n) is 3.52. The first-order chi connectivity index (χ1) is 14.8. The predicted molar refractivity (Wildman–Crippen MR) is 114 cm³/mol. The van der Waals surface area contributed by atoms with Gasteiger partial charge in [0.05, 0.1) is 0 Å². The number of halogens is 3. The molecule has 0 aromatic heterocycles. The monoisotopic (exact) mass is 493 g/mol. The van der Waals surface area contributed by atoms with Crippen molar-refractivity contribution in [1.82, 2.24) is 15.5 Å². The normalized spacial score (nSPS) is 15.3. The molecule has 1 atom stereocenters. The van der Waals surface area contributed by atoms with Crippen LogP contribution in [0.4, 0.5) is 8.78 Å². The Morgan fingerprint density at radius 3 is 2.26 bits per heavy atom. The van der Waals surface area contributed by atoms with E-state index >= 15 is 0 Å². The van der Waals surface area contributed by atoms with Gasteiger partial charge in [0.2, 0.25) is 11.8 Å². The maximum Gasteiger partial charge on any atom is 0.253 e. The predicted octanol–water partition coefficient (Wildman–Crippen LogP) is 3.18. The first-order valence-corrected chi connectivity index (χ1v) is 10.6. The van der Waals surface area contributed by atoms with E-state index < -0.39 is 29.5 Å². The zero-order chi connectivity index (χ0) is 22.5. The van der Waals surface area contributed by atoms with Gasteiger partial charge in [-0.15, -0.1) is 0 Å². The van der Waals surface area contributed by atoms with E-state index in [1.165, 1.54) is 13.1 Å². The molecule has 2 N–H and O–H groups in total. The summed E-state index contributed by atoms with van der Waals surface area (Å²) in [5, 5.41) is 5.06. The highest BCUT2D eigenvalue weighted by atomic mass is 79.9. The molecular formula is C22H22BrF2N3O3. The maximum absolute atomic E-state index is 13.6. The number of carbonyl (C=O) groups is 3. The Morgan fingerprint density at radius 2 is 1.68 bits per heavy atom. The van der Waals surface area contributed by atoms with Crippen molar-refractivity contribution in [2.75, 3.05) is 20.1 Å². The van der Waals surface area contributed by atoms with E-state index in [-0.39, 0.29) is 17.4 Å². The third kappa shape index (κ3) is 5.46. The molecule has 31 heavy (non-hydrogen) atoms. The van der Waals surface area contributed by atoms with Crippen LogP contribution in [0.5, 0.6) is 0 Å². The van der Waals surface area contributed by atoms with E-state index in [0.29, 0.717) is 31.5 Å². The summed E-state index contributed by atoms with van der Waals surface area (Å²) in [5.74, 6) is -3.53. The van der Waals surface area contributed by atoms with E-state index in [2.05, 4.69) is 26.6 Å². The summed E-state index contributed by atoms with van der Waals surface area (Å²) >= 11 is 3.34.